The molecule has 1 aliphatic rings. The van der Waals surface area contributed by atoms with E-state index in [1.165, 1.54) is 0 Å². The lowest BCUT2D eigenvalue weighted by Crippen LogP contribution is -2.50. The highest BCUT2D eigenvalue weighted by atomic mass is 35.5. The van der Waals surface area contributed by atoms with E-state index in [9.17, 15) is 19.8 Å². The van der Waals surface area contributed by atoms with Gasteiger partial charge in [0.1, 0.15) is 0 Å². The average Bonchev–Trinajstić information content (AvgIpc) is 2.26. The molecule has 0 aliphatic heterocycles. The zero-order chi connectivity index (χ0) is 15.1. The van der Waals surface area contributed by atoms with Crippen molar-refractivity contribution in [3.8, 4) is 0 Å². The van der Waals surface area contributed by atoms with E-state index in [2.05, 4.69) is 0 Å². The van der Waals surface area contributed by atoms with E-state index in [4.69, 9.17) is 11.6 Å². The van der Waals surface area contributed by atoms with E-state index in [-0.39, 0.29) is 12.3 Å². The molecule has 0 amide bonds. The van der Waals surface area contributed by atoms with Crippen LogP contribution in [0.3, 0.4) is 0 Å². The van der Waals surface area contributed by atoms with E-state index in [0.717, 1.165) is 0 Å². The van der Waals surface area contributed by atoms with Gasteiger partial charge in [0.25, 0.3) is 0 Å². The smallest absolute Gasteiger partial charge is 0.313 e. The Morgan fingerprint density at radius 1 is 1.32 bits per heavy atom. The van der Waals surface area contributed by atoms with Gasteiger partial charge in [-0.05, 0) is 25.2 Å². The first-order valence-corrected chi connectivity index (χ1v) is 6.75. The normalized spacial score (nSPS) is 31.7. The average molecular weight is 289 g/mol. The monoisotopic (exact) mass is 288 g/mol. The Hall–Kier alpha value is -1.03. The summed E-state index contributed by atoms with van der Waals surface area (Å²) in [5.74, 6) is -1.80. The molecule has 0 aromatic rings. The first-order chi connectivity index (χ1) is 8.48. The van der Waals surface area contributed by atoms with E-state index >= 15 is 0 Å². The van der Waals surface area contributed by atoms with Gasteiger partial charge in [-0.3, -0.25) is 9.59 Å². The first-order valence-electron chi connectivity index (χ1n) is 6.22. The third-order valence-electron chi connectivity index (χ3n) is 4.23. The molecule has 5 heteroatoms. The largest absolute Gasteiger partial charge is 0.481 e. The lowest BCUT2D eigenvalue weighted by Gasteiger charge is -2.48. The van der Waals surface area contributed by atoms with Crippen molar-refractivity contribution in [2.75, 3.05) is 5.88 Å². The number of halogens is 1. The predicted octanol–water partition coefficient (Wildman–Crippen LogP) is 3.15. The molecule has 0 saturated heterocycles. The fourth-order valence-electron chi connectivity index (χ4n) is 2.86. The van der Waals surface area contributed by atoms with Crippen LogP contribution >= 0.6 is 11.6 Å². The summed E-state index contributed by atoms with van der Waals surface area (Å²) in [5, 5.41) is 19.1. The molecule has 2 atom stereocenters. The number of aliphatic carboxylic acids is 2. The Morgan fingerprint density at radius 3 is 2.16 bits per heavy atom. The Morgan fingerprint density at radius 2 is 1.84 bits per heavy atom. The maximum atomic E-state index is 11.8. The molecule has 0 radical (unpaired) electrons. The van der Waals surface area contributed by atoms with Crippen LogP contribution in [0.25, 0.3) is 0 Å². The fourth-order valence-corrected chi connectivity index (χ4v) is 3.03. The van der Waals surface area contributed by atoms with Crippen molar-refractivity contribution in [1.29, 1.82) is 0 Å². The molecule has 19 heavy (non-hydrogen) atoms. The van der Waals surface area contributed by atoms with Crippen LogP contribution in [-0.2, 0) is 9.59 Å². The topological polar surface area (TPSA) is 74.6 Å². The van der Waals surface area contributed by atoms with Crippen LogP contribution in [-0.4, -0.2) is 28.0 Å². The number of rotatable bonds is 3. The summed E-state index contributed by atoms with van der Waals surface area (Å²) >= 11 is 5.84. The lowest BCUT2D eigenvalue weighted by molar-refractivity contribution is -0.164. The van der Waals surface area contributed by atoms with Gasteiger partial charge in [-0.2, -0.15) is 0 Å². The van der Waals surface area contributed by atoms with Gasteiger partial charge in [0.15, 0.2) is 0 Å². The molecule has 1 aliphatic carbocycles. The molecule has 0 fully saturated rings. The Kier molecular flexibility index (Phi) is 4.06. The van der Waals surface area contributed by atoms with Gasteiger partial charge in [-0.1, -0.05) is 32.4 Å². The lowest BCUT2D eigenvalue weighted by atomic mass is 9.54. The molecule has 108 valence electrons. The van der Waals surface area contributed by atoms with Gasteiger partial charge >= 0.3 is 11.9 Å². The van der Waals surface area contributed by atoms with Gasteiger partial charge in [0.2, 0.25) is 0 Å². The zero-order valence-electron chi connectivity index (χ0n) is 11.8. The summed E-state index contributed by atoms with van der Waals surface area (Å²) < 4.78 is 0. The summed E-state index contributed by atoms with van der Waals surface area (Å²) in [4.78, 5) is 23.3. The number of carboxylic acids is 2. The molecule has 0 bridgehead atoms. The number of alkyl halides is 1. The van der Waals surface area contributed by atoms with Crippen molar-refractivity contribution in [3.63, 3.8) is 0 Å². The predicted molar refractivity (Wildman–Crippen MR) is 73.3 cm³/mol. The number of allylic oxidation sites excluding steroid dienone is 1. The van der Waals surface area contributed by atoms with E-state index < -0.39 is 28.2 Å². The van der Waals surface area contributed by atoms with Gasteiger partial charge in [-0.15, -0.1) is 11.6 Å². The van der Waals surface area contributed by atoms with Crippen molar-refractivity contribution < 1.29 is 19.8 Å². The molecule has 4 nitrogen and oxygen atoms in total. The van der Waals surface area contributed by atoms with Crippen LogP contribution in [0.2, 0.25) is 0 Å². The molecule has 2 unspecified atom stereocenters. The Balaban J connectivity index is 3.43. The summed E-state index contributed by atoms with van der Waals surface area (Å²) in [6.07, 6.45) is 2.00. The number of carbonyl (C=O) groups is 2. The third kappa shape index (κ3) is 2.64. The third-order valence-corrected chi connectivity index (χ3v) is 4.57. The summed E-state index contributed by atoms with van der Waals surface area (Å²) in [7, 11) is 0. The Bertz CT molecular complexity index is 435. The van der Waals surface area contributed by atoms with Crippen molar-refractivity contribution in [1.82, 2.24) is 0 Å². The quantitative estimate of drug-likeness (QED) is 0.618. The van der Waals surface area contributed by atoms with E-state index in [1.54, 1.807) is 13.0 Å². The van der Waals surface area contributed by atoms with Crippen molar-refractivity contribution >= 4 is 23.5 Å². The second-order valence-electron chi connectivity index (χ2n) is 6.65. The highest BCUT2D eigenvalue weighted by molar-refractivity contribution is 6.19. The van der Waals surface area contributed by atoms with Crippen molar-refractivity contribution in [2.24, 2.45) is 16.2 Å². The van der Waals surface area contributed by atoms with Gasteiger partial charge < -0.3 is 10.2 Å². The minimum absolute atomic E-state index is 0.0779. The molecule has 0 spiro atoms. The number of carboxylic acid groups (broad SMARTS) is 2. The molecular formula is C14H21ClO4. The summed E-state index contributed by atoms with van der Waals surface area (Å²) in [5.41, 5.74) is -2.16. The van der Waals surface area contributed by atoms with Gasteiger partial charge in [0, 0.05) is 5.88 Å². The molecule has 0 aromatic carbocycles. The zero-order valence-corrected chi connectivity index (χ0v) is 12.5. The number of hydrogen-bond donors (Lipinski definition) is 2. The fraction of sp³-hybridized carbons (Fsp3) is 0.714. The highest BCUT2D eigenvalue weighted by Crippen LogP contribution is 2.55. The van der Waals surface area contributed by atoms with Gasteiger partial charge in [0.05, 0.1) is 10.8 Å². The molecule has 0 aromatic heterocycles. The number of hydrogen-bond acceptors (Lipinski definition) is 2. The van der Waals surface area contributed by atoms with E-state index in [1.807, 2.05) is 20.8 Å². The first kappa shape index (κ1) is 16.0. The standard InChI is InChI=1S/C14H21ClO4/c1-12(2,3)14(11(18)19)6-9(7-15)5-13(4,8-14)10(16)17/h5H,6-8H2,1-4H3,(H,16,17)(H,18,19). The molecule has 0 saturated carbocycles. The maximum Gasteiger partial charge on any atom is 0.313 e. The molecule has 0 heterocycles. The minimum atomic E-state index is -1.19. The molecular weight excluding hydrogens is 268 g/mol. The molecule has 2 N–H and O–H groups in total. The van der Waals surface area contributed by atoms with Crippen LogP contribution in [0.1, 0.15) is 40.5 Å². The van der Waals surface area contributed by atoms with Crippen molar-refractivity contribution in [2.45, 2.75) is 40.5 Å². The molecule has 1 rings (SSSR count). The van der Waals surface area contributed by atoms with Gasteiger partial charge in [-0.25, -0.2) is 0 Å². The Labute approximate surface area is 118 Å². The minimum Gasteiger partial charge on any atom is -0.481 e. The van der Waals surface area contributed by atoms with Crippen LogP contribution in [0, 0.1) is 16.2 Å². The maximum absolute atomic E-state index is 11.8. The van der Waals surface area contributed by atoms with Crippen molar-refractivity contribution in [3.05, 3.63) is 11.6 Å². The second-order valence-corrected chi connectivity index (χ2v) is 6.92. The van der Waals surface area contributed by atoms with Crippen LogP contribution in [0.4, 0.5) is 0 Å². The SMILES string of the molecule is CC1(C(=O)O)C=C(CCl)CC(C(=O)O)(C(C)(C)C)C1. The highest BCUT2D eigenvalue weighted by Gasteiger charge is 2.56. The summed E-state index contributed by atoms with van der Waals surface area (Å²) in [6, 6.07) is 0. The van der Waals surface area contributed by atoms with E-state index in [0.29, 0.717) is 12.0 Å². The van der Waals surface area contributed by atoms with Crippen LogP contribution in [0.5, 0.6) is 0 Å². The van der Waals surface area contributed by atoms with Crippen LogP contribution in [0.15, 0.2) is 11.6 Å². The van der Waals surface area contributed by atoms with Crippen LogP contribution < -0.4 is 0 Å². The summed E-state index contributed by atoms with van der Waals surface area (Å²) in [6.45, 7) is 7.06. The second kappa shape index (κ2) is 4.82.